The van der Waals surface area contributed by atoms with E-state index in [9.17, 15) is 14.7 Å². The molecule has 1 aliphatic rings. The predicted octanol–water partition coefficient (Wildman–Crippen LogP) is 3.00. The molecule has 0 radical (unpaired) electrons. The van der Waals surface area contributed by atoms with E-state index in [1.165, 1.54) is 11.3 Å². The molecule has 0 bridgehead atoms. The van der Waals surface area contributed by atoms with E-state index in [-0.39, 0.29) is 24.2 Å². The molecule has 3 N–H and O–H groups in total. The molecular weight excluding hydrogens is 364 g/mol. The van der Waals surface area contributed by atoms with Gasteiger partial charge in [-0.25, -0.2) is 0 Å². The number of nitrogens with zero attached hydrogens (tertiary/aromatic N) is 2. The van der Waals surface area contributed by atoms with Crippen molar-refractivity contribution >= 4 is 28.3 Å². The Morgan fingerprint density at radius 1 is 1.19 bits per heavy atom. The number of rotatable bonds is 8. The van der Waals surface area contributed by atoms with Gasteiger partial charge in [-0.1, -0.05) is 58.3 Å². The number of aliphatic hydroxyl groups is 1. The largest absolute Gasteiger partial charge is 0.388 e. The summed E-state index contributed by atoms with van der Waals surface area (Å²) >= 11 is 1.30. The van der Waals surface area contributed by atoms with E-state index in [0.29, 0.717) is 23.1 Å². The van der Waals surface area contributed by atoms with E-state index in [0.717, 1.165) is 32.1 Å². The summed E-state index contributed by atoms with van der Waals surface area (Å²) < 4.78 is 0. The highest BCUT2D eigenvalue weighted by atomic mass is 32.1. The standard InChI is InChI=1S/C19H32N4O3S/c1-13(2)10-14(24)21-17-23-22-16(27-17)18(3,4)11-15(25)20-12-19(26)8-6-5-7-9-19/h13,26H,5-12H2,1-4H3,(H,20,25)(H,21,23,24). The summed E-state index contributed by atoms with van der Waals surface area (Å²) in [6.45, 7) is 8.13. The number of carbonyl (C=O) groups is 2. The highest BCUT2D eigenvalue weighted by Crippen LogP contribution is 2.32. The third-order valence-electron chi connectivity index (χ3n) is 4.85. The van der Waals surface area contributed by atoms with Crippen molar-refractivity contribution in [1.82, 2.24) is 15.5 Å². The van der Waals surface area contributed by atoms with Crippen LogP contribution in [0.1, 0.15) is 77.6 Å². The first kappa shape index (κ1) is 21.8. The first-order chi connectivity index (χ1) is 12.6. The second kappa shape index (κ2) is 9.10. The normalized spacial score (nSPS) is 17.0. The van der Waals surface area contributed by atoms with Crippen molar-refractivity contribution in [3.8, 4) is 0 Å². The lowest BCUT2D eigenvalue weighted by molar-refractivity contribution is -0.123. The molecule has 0 atom stereocenters. The molecule has 0 aliphatic heterocycles. The summed E-state index contributed by atoms with van der Waals surface area (Å²) in [5, 5.41) is 25.5. The maximum atomic E-state index is 12.4. The fourth-order valence-corrected chi connectivity index (χ4v) is 4.14. The Hall–Kier alpha value is -1.54. The molecule has 7 nitrogen and oxygen atoms in total. The fraction of sp³-hybridized carbons (Fsp3) is 0.789. The first-order valence-corrected chi connectivity index (χ1v) is 10.5. The lowest BCUT2D eigenvalue weighted by Crippen LogP contribution is -2.45. The van der Waals surface area contributed by atoms with Gasteiger partial charge in [-0.15, -0.1) is 10.2 Å². The lowest BCUT2D eigenvalue weighted by atomic mass is 9.84. The minimum absolute atomic E-state index is 0.0797. The highest BCUT2D eigenvalue weighted by Gasteiger charge is 2.32. The van der Waals surface area contributed by atoms with Crippen LogP contribution in [0.2, 0.25) is 0 Å². The van der Waals surface area contributed by atoms with Crippen molar-refractivity contribution in [3.63, 3.8) is 0 Å². The lowest BCUT2D eigenvalue weighted by Gasteiger charge is -2.32. The second-order valence-corrected chi connectivity index (χ2v) is 9.66. The van der Waals surface area contributed by atoms with Crippen LogP contribution in [0, 0.1) is 5.92 Å². The Labute approximate surface area is 165 Å². The molecule has 152 valence electrons. The van der Waals surface area contributed by atoms with Gasteiger partial charge in [0.1, 0.15) is 5.01 Å². The third-order valence-corrected chi connectivity index (χ3v) is 6.05. The smallest absolute Gasteiger partial charge is 0.226 e. The van der Waals surface area contributed by atoms with Crippen LogP contribution >= 0.6 is 11.3 Å². The summed E-state index contributed by atoms with van der Waals surface area (Å²) in [5.74, 6) is 0.0834. The number of hydrogen-bond acceptors (Lipinski definition) is 6. The van der Waals surface area contributed by atoms with Crippen LogP contribution in [0.25, 0.3) is 0 Å². The van der Waals surface area contributed by atoms with Gasteiger partial charge in [0.05, 0.1) is 5.60 Å². The molecule has 0 unspecified atom stereocenters. The van der Waals surface area contributed by atoms with Crippen LogP contribution in [0.3, 0.4) is 0 Å². The van der Waals surface area contributed by atoms with Crippen LogP contribution in [0.4, 0.5) is 5.13 Å². The number of amides is 2. The van der Waals surface area contributed by atoms with E-state index in [1.807, 2.05) is 27.7 Å². The number of carbonyl (C=O) groups excluding carboxylic acids is 2. The number of anilines is 1. The van der Waals surface area contributed by atoms with Gasteiger partial charge in [-0.2, -0.15) is 0 Å². The average Bonchev–Trinajstić information content (AvgIpc) is 3.02. The minimum atomic E-state index is -0.769. The van der Waals surface area contributed by atoms with Gasteiger partial charge in [0.25, 0.3) is 0 Å². The maximum absolute atomic E-state index is 12.4. The zero-order valence-corrected chi connectivity index (χ0v) is 17.6. The van der Waals surface area contributed by atoms with Crippen LogP contribution in [0.15, 0.2) is 0 Å². The summed E-state index contributed by atoms with van der Waals surface area (Å²) in [4.78, 5) is 24.3. The van der Waals surface area contributed by atoms with Gasteiger partial charge in [0, 0.05) is 24.8 Å². The van der Waals surface area contributed by atoms with Crippen molar-refractivity contribution in [2.24, 2.45) is 5.92 Å². The molecule has 2 amide bonds. The van der Waals surface area contributed by atoms with Crippen molar-refractivity contribution < 1.29 is 14.7 Å². The van der Waals surface area contributed by atoms with E-state index in [4.69, 9.17) is 0 Å². The molecule has 1 fully saturated rings. The first-order valence-electron chi connectivity index (χ1n) is 9.73. The molecule has 2 rings (SSSR count). The fourth-order valence-electron chi connectivity index (χ4n) is 3.28. The Morgan fingerprint density at radius 2 is 1.85 bits per heavy atom. The molecule has 1 aliphatic carbocycles. The molecule has 1 aromatic heterocycles. The van der Waals surface area contributed by atoms with Crippen molar-refractivity contribution in [1.29, 1.82) is 0 Å². The molecule has 0 saturated heterocycles. The maximum Gasteiger partial charge on any atom is 0.226 e. The summed E-state index contributed by atoms with van der Waals surface area (Å²) in [6, 6.07) is 0. The zero-order valence-electron chi connectivity index (χ0n) is 16.8. The van der Waals surface area contributed by atoms with Crippen molar-refractivity contribution in [2.45, 2.75) is 83.7 Å². The monoisotopic (exact) mass is 396 g/mol. The number of hydrogen-bond donors (Lipinski definition) is 3. The minimum Gasteiger partial charge on any atom is -0.388 e. The molecule has 27 heavy (non-hydrogen) atoms. The quantitative estimate of drug-likeness (QED) is 0.627. The van der Waals surface area contributed by atoms with Gasteiger partial charge in [-0.3, -0.25) is 9.59 Å². The topological polar surface area (TPSA) is 104 Å². The Balaban J connectivity index is 1.87. The van der Waals surface area contributed by atoms with Crippen molar-refractivity contribution in [3.05, 3.63) is 5.01 Å². The van der Waals surface area contributed by atoms with Crippen molar-refractivity contribution in [2.75, 3.05) is 11.9 Å². The SMILES string of the molecule is CC(C)CC(=O)Nc1nnc(C(C)(C)CC(=O)NCC2(O)CCCCC2)s1. The van der Waals surface area contributed by atoms with Crippen LogP contribution in [-0.2, 0) is 15.0 Å². The van der Waals surface area contributed by atoms with Crippen LogP contribution in [-0.4, -0.2) is 39.3 Å². The van der Waals surface area contributed by atoms with E-state index in [2.05, 4.69) is 20.8 Å². The molecule has 1 aromatic rings. The summed E-state index contributed by atoms with van der Waals surface area (Å²) in [7, 11) is 0. The van der Waals surface area contributed by atoms with Crippen LogP contribution in [0.5, 0.6) is 0 Å². The number of aromatic nitrogens is 2. The molecule has 1 saturated carbocycles. The summed E-state index contributed by atoms with van der Waals surface area (Å²) in [6.07, 6.45) is 5.33. The van der Waals surface area contributed by atoms with Gasteiger partial charge < -0.3 is 15.7 Å². The van der Waals surface area contributed by atoms with E-state index in [1.54, 1.807) is 0 Å². The molecule has 0 aromatic carbocycles. The highest BCUT2D eigenvalue weighted by molar-refractivity contribution is 7.15. The summed E-state index contributed by atoms with van der Waals surface area (Å²) in [5.41, 5.74) is -1.27. The van der Waals surface area contributed by atoms with Gasteiger partial charge in [0.15, 0.2) is 0 Å². The van der Waals surface area contributed by atoms with Gasteiger partial charge >= 0.3 is 0 Å². The Bertz CT molecular complexity index is 651. The second-order valence-electron chi connectivity index (χ2n) is 8.68. The van der Waals surface area contributed by atoms with E-state index < -0.39 is 11.0 Å². The zero-order chi connectivity index (χ0) is 20.1. The van der Waals surface area contributed by atoms with Crippen LogP contribution < -0.4 is 10.6 Å². The molecular formula is C19H32N4O3S. The number of nitrogens with one attached hydrogen (secondary N) is 2. The Kier molecular flexibility index (Phi) is 7.33. The molecule has 1 heterocycles. The predicted molar refractivity (Wildman–Crippen MR) is 107 cm³/mol. The Morgan fingerprint density at radius 3 is 2.48 bits per heavy atom. The molecule has 0 spiro atoms. The third kappa shape index (κ3) is 6.84. The average molecular weight is 397 g/mol. The molecule has 8 heteroatoms. The van der Waals surface area contributed by atoms with Gasteiger partial charge in [-0.05, 0) is 18.8 Å². The van der Waals surface area contributed by atoms with Gasteiger partial charge in [0.2, 0.25) is 16.9 Å². The van der Waals surface area contributed by atoms with E-state index >= 15 is 0 Å².